The van der Waals surface area contributed by atoms with Gasteiger partial charge in [0, 0.05) is 23.9 Å². The quantitative estimate of drug-likeness (QED) is 0.569. The van der Waals surface area contributed by atoms with E-state index in [-0.39, 0.29) is 0 Å². The van der Waals surface area contributed by atoms with Crippen LogP contribution in [0.4, 0.5) is 5.82 Å². The standard InChI is InChI=1S/C10H10N2/c1-8-4-2-5-9-6-3-7-11-10(9)12-8/h2-3,5-7H,4H2,1H3. The first-order valence-corrected chi connectivity index (χ1v) is 4.02. The molecule has 0 aromatic carbocycles. The van der Waals surface area contributed by atoms with E-state index in [0.717, 1.165) is 23.5 Å². The van der Waals surface area contributed by atoms with Gasteiger partial charge in [0.2, 0.25) is 0 Å². The molecule has 0 saturated carbocycles. The van der Waals surface area contributed by atoms with Crippen molar-refractivity contribution in [2.24, 2.45) is 4.99 Å². The maximum absolute atomic E-state index is 4.38. The predicted octanol–water partition coefficient (Wildman–Crippen LogP) is 2.59. The summed E-state index contributed by atoms with van der Waals surface area (Å²) in [6, 6.07) is 3.96. The van der Waals surface area contributed by atoms with Gasteiger partial charge in [0.05, 0.1) is 0 Å². The van der Waals surface area contributed by atoms with Crippen molar-refractivity contribution in [3.8, 4) is 0 Å². The molecule has 2 nitrogen and oxygen atoms in total. The Morgan fingerprint density at radius 1 is 1.42 bits per heavy atom. The molecule has 2 rings (SSSR count). The van der Waals surface area contributed by atoms with E-state index in [9.17, 15) is 0 Å². The zero-order chi connectivity index (χ0) is 8.39. The number of aliphatic imine (C=N–C) groups is 1. The zero-order valence-electron chi connectivity index (χ0n) is 6.99. The minimum absolute atomic E-state index is 0.837. The van der Waals surface area contributed by atoms with E-state index in [4.69, 9.17) is 0 Å². The second-order valence-electron chi connectivity index (χ2n) is 2.87. The first-order valence-electron chi connectivity index (χ1n) is 4.02. The molecule has 0 saturated heterocycles. The van der Waals surface area contributed by atoms with Crippen LogP contribution in [-0.2, 0) is 0 Å². The molecule has 0 fully saturated rings. The van der Waals surface area contributed by atoms with Crippen LogP contribution in [0.5, 0.6) is 0 Å². The van der Waals surface area contributed by atoms with Gasteiger partial charge in [-0.1, -0.05) is 12.2 Å². The largest absolute Gasteiger partial charge is 0.238 e. The molecule has 0 amide bonds. The Labute approximate surface area is 71.7 Å². The number of fused-ring (bicyclic) bond motifs is 1. The lowest BCUT2D eigenvalue weighted by atomic mass is 10.2. The summed E-state index contributed by atoms with van der Waals surface area (Å²) >= 11 is 0. The average molecular weight is 158 g/mol. The van der Waals surface area contributed by atoms with Crippen LogP contribution in [-0.4, -0.2) is 10.7 Å². The van der Waals surface area contributed by atoms with E-state index in [2.05, 4.69) is 22.1 Å². The number of allylic oxidation sites excluding steroid dienone is 1. The molecule has 1 aliphatic rings. The fourth-order valence-corrected chi connectivity index (χ4v) is 1.22. The van der Waals surface area contributed by atoms with Gasteiger partial charge in [0.25, 0.3) is 0 Å². The fourth-order valence-electron chi connectivity index (χ4n) is 1.22. The second kappa shape index (κ2) is 2.89. The fraction of sp³-hybridized carbons (Fsp3) is 0.200. The Morgan fingerprint density at radius 3 is 3.25 bits per heavy atom. The Hall–Kier alpha value is -1.44. The first kappa shape index (κ1) is 7.22. The highest BCUT2D eigenvalue weighted by atomic mass is 14.9. The average Bonchev–Trinajstić information content (AvgIpc) is 2.25. The van der Waals surface area contributed by atoms with Gasteiger partial charge in [-0.2, -0.15) is 0 Å². The van der Waals surface area contributed by atoms with Crippen molar-refractivity contribution in [2.75, 3.05) is 0 Å². The molecular formula is C10H10N2. The minimum atomic E-state index is 0.837. The summed E-state index contributed by atoms with van der Waals surface area (Å²) in [5.41, 5.74) is 2.22. The van der Waals surface area contributed by atoms with Gasteiger partial charge in [0.1, 0.15) is 0 Å². The first-order chi connectivity index (χ1) is 5.86. The minimum Gasteiger partial charge on any atom is -0.238 e. The molecule has 0 radical (unpaired) electrons. The number of pyridine rings is 1. The van der Waals surface area contributed by atoms with E-state index in [0.29, 0.717) is 0 Å². The van der Waals surface area contributed by atoms with Crippen LogP contribution in [0.3, 0.4) is 0 Å². The molecule has 0 N–H and O–H groups in total. The number of nitrogens with zero attached hydrogens (tertiary/aromatic N) is 2. The lowest BCUT2D eigenvalue weighted by molar-refractivity contribution is 1.25. The molecule has 2 heteroatoms. The van der Waals surface area contributed by atoms with Gasteiger partial charge < -0.3 is 0 Å². The van der Waals surface area contributed by atoms with Gasteiger partial charge in [-0.15, -0.1) is 0 Å². The molecule has 1 aromatic rings. The maximum atomic E-state index is 4.38. The zero-order valence-corrected chi connectivity index (χ0v) is 6.99. The van der Waals surface area contributed by atoms with Gasteiger partial charge in [-0.25, -0.2) is 9.98 Å². The van der Waals surface area contributed by atoms with Crippen LogP contribution in [0.25, 0.3) is 6.08 Å². The van der Waals surface area contributed by atoms with Gasteiger partial charge in [-0.3, -0.25) is 0 Å². The molecule has 0 spiro atoms. The number of hydrogen-bond acceptors (Lipinski definition) is 2. The van der Waals surface area contributed by atoms with Crippen LogP contribution >= 0.6 is 0 Å². The second-order valence-corrected chi connectivity index (χ2v) is 2.87. The van der Waals surface area contributed by atoms with Gasteiger partial charge in [0.15, 0.2) is 5.82 Å². The van der Waals surface area contributed by atoms with E-state index < -0.39 is 0 Å². The summed E-state index contributed by atoms with van der Waals surface area (Å²) in [7, 11) is 0. The maximum Gasteiger partial charge on any atom is 0.159 e. The molecule has 0 unspecified atom stereocenters. The third-order valence-corrected chi connectivity index (χ3v) is 1.82. The molecule has 0 atom stereocenters. The van der Waals surface area contributed by atoms with Crippen LogP contribution in [0.15, 0.2) is 29.4 Å². The monoisotopic (exact) mass is 158 g/mol. The van der Waals surface area contributed by atoms with E-state index in [1.54, 1.807) is 6.20 Å². The summed E-state index contributed by atoms with van der Waals surface area (Å²) in [5.74, 6) is 0.837. The lowest BCUT2D eigenvalue weighted by Crippen LogP contribution is -1.85. The van der Waals surface area contributed by atoms with Crippen molar-refractivity contribution in [3.63, 3.8) is 0 Å². The van der Waals surface area contributed by atoms with Crippen molar-refractivity contribution in [2.45, 2.75) is 13.3 Å². The number of aromatic nitrogens is 1. The Kier molecular flexibility index (Phi) is 1.74. The van der Waals surface area contributed by atoms with Crippen molar-refractivity contribution < 1.29 is 0 Å². The highest BCUT2D eigenvalue weighted by molar-refractivity contribution is 5.88. The predicted molar refractivity (Wildman–Crippen MR) is 50.7 cm³/mol. The van der Waals surface area contributed by atoms with Crippen LogP contribution < -0.4 is 0 Å². The molecule has 0 aliphatic carbocycles. The molecule has 2 heterocycles. The molecule has 0 bridgehead atoms. The Bertz CT molecular complexity index is 351. The third-order valence-electron chi connectivity index (χ3n) is 1.82. The van der Waals surface area contributed by atoms with E-state index >= 15 is 0 Å². The van der Waals surface area contributed by atoms with E-state index in [1.165, 1.54) is 0 Å². The number of rotatable bonds is 0. The van der Waals surface area contributed by atoms with Crippen LogP contribution in [0.2, 0.25) is 0 Å². The normalized spacial score (nSPS) is 14.9. The summed E-state index contributed by atoms with van der Waals surface area (Å²) in [6.07, 6.45) is 6.89. The molecule has 12 heavy (non-hydrogen) atoms. The smallest absolute Gasteiger partial charge is 0.159 e. The SMILES string of the molecule is CC1=Nc2ncccc2C=CC1. The Balaban J connectivity index is 2.58. The topological polar surface area (TPSA) is 25.2 Å². The van der Waals surface area contributed by atoms with Gasteiger partial charge >= 0.3 is 0 Å². The molecule has 60 valence electrons. The van der Waals surface area contributed by atoms with Crippen molar-refractivity contribution >= 4 is 17.6 Å². The highest BCUT2D eigenvalue weighted by Crippen LogP contribution is 2.20. The summed E-state index contributed by atoms with van der Waals surface area (Å²) in [4.78, 5) is 8.57. The lowest BCUT2D eigenvalue weighted by Gasteiger charge is -1.96. The molecule has 1 aliphatic heterocycles. The van der Waals surface area contributed by atoms with Crippen molar-refractivity contribution in [1.29, 1.82) is 0 Å². The third kappa shape index (κ3) is 1.28. The Morgan fingerprint density at radius 2 is 2.33 bits per heavy atom. The van der Waals surface area contributed by atoms with Gasteiger partial charge in [-0.05, 0) is 19.1 Å². The van der Waals surface area contributed by atoms with Crippen molar-refractivity contribution in [1.82, 2.24) is 4.98 Å². The summed E-state index contributed by atoms with van der Waals surface area (Å²) < 4.78 is 0. The van der Waals surface area contributed by atoms with E-state index in [1.807, 2.05) is 19.1 Å². The molecular weight excluding hydrogens is 148 g/mol. The van der Waals surface area contributed by atoms with Crippen molar-refractivity contribution in [3.05, 3.63) is 30.0 Å². The highest BCUT2D eigenvalue weighted by Gasteiger charge is 2.01. The molecule has 1 aromatic heterocycles. The van der Waals surface area contributed by atoms with Crippen LogP contribution in [0, 0.1) is 0 Å². The number of hydrogen-bond donors (Lipinski definition) is 0. The summed E-state index contributed by atoms with van der Waals surface area (Å²) in [5, 5.41) is 0. The summed E-state index contributed by atoms with van der Waals surface area (Å²) in [6.45, 7) is 2.02. The van der Waals surface area contributed by atoms with Crippen LogP contribution in [0.1, 0.15) is 18.9 Å².